The van der Waals surface area contributed by atoms with Crippen molar-refractivity contribution in [3.63, 3.8) is 0 Å². The van der Waals surface area contributed by atoms with Crippen LogP contribution in [0.15, 0.2) is 6.07 Å². The quantitative estimate of drug-likeness (QED) is 0.869. The van der Waals surface area contributed by atoms with Gasteiger partial charge in [0.15, 0.2) is 0 Å². The molecule has 5 nitrogen and oxygen atoms in total. The van der Waals surface area contributed by atoms with Crippen molar-refractivity contribution in [1.82, 2.24) is 9.97 Å². The average Bonchev–Trinajstić information content (AvgIpc) is 2.38. The molecular weight excluding hydrogens is 228 g/mol. The Hall–Kier alpha value is -1.20. The number of anilines is 1. The molecule has 0 aliphatic carbocycles. The Morgan fingerprint density at radius 1 is 1.50 bits per heavy atom. The van der Waals surface area contributed by atoms with E-state index in [-0.39, 0.29) is 6.04 Å². The molecule has 2 rings (SSSR count). The zero-order chi connectivity index (χ0) is 13.1. The minimum absolute atomic E-state index is 0.216. The molecule has 1 aromatic heterocycles. The Bertz CT molecular complexity index is 408. The van der Waals surface area contributed by atoms with E-state index >= 15 is 0 Å². The molecule has 2 N–H and O–H groups in total. The van der Waals surface area contributed by atoms with Gasteiger partial charge in [0, 0.05) is 30.8 Å². The van der Waals surface area contributed by atoms with Gasteiger partial charge < -0.3 is 15.4 Å². The smallest absolute Gasteiger partial charge is 0.133 e. The molecule has 100 valence electrons. The van der Waals surface area contributed by atoms with Crippen LogP contribution in [0.3, 0.4) is 0 Å². The van der Waals surface area contributed by atoms with Gasteiger partial charge in [-0.1, -0.05) is 13.8 Å². The van der Waals surface area contributed by atoms with Crippen molar-refractivity contribution in [1.29, 1.82) is 0 Å². The molecule has 0 bridgehead atoms. The fraction of sp³-hybridized carbons (Fsp3) is 0.692. The molecule has 0 radical (unpaired) electrons. The molecule has 5 heteroatoms. The minimum Gasteiger partial charge on any atom is -0.377 e. The van der Waals surface area contributed by atoms with E-state index in [1.54, 1.807) is 0 Å². The van der Waals surface area contributed by atoms with Crippen molar-refractivity contribution in [2.75, 3.05) is 31.2 Å². The van der Waals surface area contributed by atoms with Gasteiger partial charge in [-0.2, -0.15) is 0 Å². The summed E-state index contributed by atoms with van der Waals surface area (Å²) < 4.78 is 5.47. The van der Waals surface area contributed by atoms with Crippen LogP contribution in [0.1, 0.15) is 31.3 Å². The highest BCUT2D eigenvalue weighted by Gasteiger charge is 2.23. The third-order valence-electron chi connectivity index (χ3n) is 3.17. The Balaban J connectivity index is 2.30. The lowest BCUT2D eigenvalue weighted by atomic mass is 10.2. The lowest BCUT2D eigenvalue weighted by Gasteiger charge is -2.36. The number of morpholine rings is 1. The van der Waals surface area contributed by atoms with Crippen molar-refractivity contribution in [2.24, 2.45) is 5.73 Å². The van der Waals surface area contributed by atoms with Crippen molar-refractivity contribution in [2.45, 2.75) is 32.7 Å². The predicted octanol–water partition coefficient (Wildman–Crippen LogP) is 1.07. The van der Waals surface area contributed by atoms with E-state index in [0.29, 0.717) is 19.1 Å². The summed E-state index contributed by atoms with van der Waals surface area (Å²) in [7, 11) is 0. The molecule has 18 heavy (non-hydrogen) atoms. The molecule has 0 aromatic carbocycles. The maximum atomic E-state index is 5.80. The van der Waals surface area contributed by atoms with Gasteiger partial charge in [0.25, 0.3) is 0 Å². The third-order valence-corrected chi connectivity index (χ3v) is 3.17. The van der Waals surface area contributed by atoms with E-state index < -0.39 is 0 Å². The van der Waals surface area contributed by atoms with Crippen molar-refractivity contribution >= 4 is 5.82 Å². The Morgan fingerprint density at radius 2 is 2.28 bits per heavy atom. The molecule has 1 fully saturated rings. The van der Waals surface area contributed by atoms with Gasteiger partial charge in [0.1, 0.15) is 11.6 Å². The van der Waals surface area contributed by atoms with Gasteiger partial charge in [-0.3, -0.25) is 0 Å². The molecule has 0 saturated carbocycles. The second kappa shape index (κ2) is 5.63. The standard InChI is InChI=1S/C13H22N4O/c1-9(2)13-15-10(3)6-12(16-13)17-4-5-18-8-11(17)7-14/h6,9,11H,4-5,7-8,14H2,1-3H3. The van der Waals surface area contributed by atoms with E-state index in [0.717, 1.165) is 30.5 Å². The van der Waals surface area contributed by atoms with Crippen LogP contribution in [0.5, 0.6) is 0 Å². The molecule has 1 saturated heterocycles. The van der Waals surface area contributed by atoms with Crippen molar-refractivity contribution < 1.29 is 4.74 Å². The predicted molar refractivity (Wildman–Crippen MR) is 71.9 cm³/mol. The summed E-state index contributed by atoms with van der Waals surface area (Å²) in [6, 6.07) is 2.24. The number of aryl methyl sites for hydroxylation is 1. The van der Waals surface area contributed by atoms with Gasteiger partial charge >= 0.3 is 0 Å². The highest BCUT2D eigenvalue weighted by molar-refractivity contribution is 5.42. The largest absolute Gasteiger partial charge is 0.377 e. The molecule has 2 heterocycles. The second-order valence-electron chi connectivity index (χ2n) is 5.04. The lowest BCUT2D eigenvalue weighted by molar-refractivity contribution is 0.0958. The summed E-state index contributed by atoms with van der Waals surface area (Å²) in [6.07, 6.45) is 0. The minimum atomic E-state index is 0.216. The van der Waals surface area contributed by atoms with Gasteiger partial charge in [-0.25, -0.2) is 9.97 Å². The maximum absolute atomic E-state index is 5.80. The van der Waals surface area contributed by atoms with Gasteiger partial charge in [-0.05, 0) is 6.92 Å². The topological polar surface area (TPSA) is 64.3 Å². The second-order valence-corrected chi connectivity index (χ2v) is 5.04. The first-order chi connectivity index (χ1) is 8.61. The fourth-order valence-electron chi connectivity index (χ4n) is 2.13. The van der Waals surface area contributed by atoms with E-state index in [2.05, 4.69) is 28.7 Å². The monoisotopic (exact) mass is 250 g/mol. The van der Waals surface area contributed by atoms with Gasteiger partial charge in [0.2, 0.25) is 0 Å². The third kappa shape index (κ3) is 2.79. The zero-order valence-electron chi connectivity index (χ0n) is 11.4. The number of nitrogens with zero attached hydrogens (tertiary/aromatic N) is 3. The molecule has 1 aromatic rings. The Labute approximate surface area is 108 Å². The van der Waals surface area contributed by atoms with E-state index in [4.69, 9.17) is 10.5 Å². The maximum Gasteiger partial charge on any atom is 0.133 e. The van der Waals surface area contributed by atoms with E-state index in [1.807, 2.05) is 13.0 Å². The van der Waals surface area contributed by atoms with Gasteiger partial charge in [0.05, 0.1) is 19.3 Å². The number of hydrogen-bond donors (Lipinski definition) is 1. The first-order valence-corrected chi connectivity index (χ1v) is 6.52. The van der Waals surface area contributed by atoms with Crippen molar-refractivity contribution in [3.8, 4) is 0 Å². The average molecular weight is 250 g/mol. The molecule has 0 amide bonds. The first-order valence-electron chi connectivity index (χ1n) is 6.52. The number of aromatic nitrogens is 2. The first kappa shape index (κ1) is 13.2. The summed E-state index contributed by atoms with van der Waals surface area (Å²) >= 11 is 0. The molecule has 1 unspecified atom stereocenters. The summed E-state index contributed by atoms with van der Waals surface area (Å²) in [5, 5.41) is 0. The van der Waals surface area contributed by atoms with Crippen LogP contribution in [0, 0.1) is 6.92 Å². The van der Waals surface area contributed by atoms with Crippen LogP contribution in [0.2, 0.25) is 0 Å². The summed E-state index contributed by atoms with van der Waals surface area (Å²) in [4.78, 5) is 11.4. The van der Waals surface area contributed by atoms with E-state index in [9.17, 15) is 0 Å². The molecule has 1 aliphatic rings. The molecule has 1 aliphatic heterocycles. The van der Waals surface area contributed by atoms with Crippen LogP contribution in [-0.2, 0) is 4.74 Å². The van der Waals surface area contributed by atoms with E-state index in [1.165, 1.54) is 0 Å². The lowest BCUT2D eigenvalue weighted by Crippen LogP contribution is -2.50. The van der Waals surface area contributed by atoms with Gasteiger partial charge in [-0.15, -0.1) is 0 Å². The van der Waals surface area contributed by atoms with Crippen LogP contribution in [0.4, 0.5) is 5.82 Å². The molecule has 0 spiro atoms. The van der Waals surface area contributed by atoms with Crippen LogP contribution >= 0.6 is 0 Å². The molecular formula is C13H22N4O. The number of hydrogen-bond acceptors (Lipinski definition) is 5. The van der Waals surface area contributed by atoms with Crippen molar-refractivity contribution in [3.05, 3.63) is 17.6 Å². The highest BCUT2D eigenvalue weighted by Crippen LogP contribution is 2.20. The Kier molecular flexibility index (Phi) is 4.14. The van der Waals surface area contributed by atoms with Crippen LogP contribution in [-0.4, -0.2) is 42.3 Å². The van der Waals surface area contributed by atoms with Crippen LogP contribution in [0.25, 0.3) is 0 Å². The number of rotatable bonds is 3. The SMILES string of the molecule is Cc1cc(N2CCOCC2CN)nc(C(C)C)n1. The summed E-state index contributed by atoms with van der Waals surface area (Å²) in [5.41, 5.74) is 6.81. The molecule has 1 atom stereocenters. The van der Waals surface area contributed by atoms with Crippen LogP contribution < -0.4 is 10.6 Å². The number of ether oxygens (including phenoxy) is 1. The number of nitrogens with two attached hydrogens (primary N) is 1. The zero-order valence-corrected chi connectivity index (χ0v) is 11.4. The fourth-order valence-corrected chi connectivity index (χ4v) is 2.13. The summed E-state index contributed by atoms with van der Waals surface area (Å²) in [5.74, 6) is 2.21. The summed E-state index contributed by atoms with van der Waals surface area (Å²) in [6.45, 7) is 9.06. The Morgan fingerprint density at radius 3 is 2.94 bits per heavy atom. The highest BCUT2D eigenvalue weighted by atomic mass is 16.5. The normalized spacial score (nSPS) is 20.5.